The van der Waals surface area contributed by atoms with Crippen molar-refractivity contribution in [2.24, 2.45) is 0 Å². The number of thiophene rings is 2. The predicted octanol–water partition coefficient (Wildman–Crippen LogP) is 16.5. The fourth-order valence-corrected chi connectivity index (χ4v) is 11.5. The molecular weight excluding hydrogens is 713 g/mol. The van der Waals surface area contributed by atoms with Crippen LogP contribution in [0.25, 0.3) is 117 Å². The molecule has 0 saturated heterocycles. The summed E-state index contributed by atoms with van der Waals surface area (Å²) in [7, 11) is 0. The van der Waals surface area contributed by atoms with E-state index in [0.29, 0.717) is 0 Å². The lowest BCUT2D eigenvalue weighted by Crippen LogP contribution is -1.91. The van der Waals surface area contributed by atoms with Crippen molar-refractivity contribution in [3.05, 3.63) is 194 Å². The molecule has 12 aromatic rings. The van der Waals surface area contributed by atoms with Gasteiger partial charge in [-0.15, -0.1) is 22.7 Å². The SMILES string of the molecule is c1ccc(-c2cccc(-c3c4ccccc4c(-c4ccc(-c5ccc6ccc7c(sc8ccc9sc%10ccccc%10c9c87)c6c5)cc4)c4ccccc34)c2)cc1. The zero-order chi connectivity index (χ0) is 36.7. The molecule has 260 valence electrons. The quantitative estimate of drug-likeness (QED) is 0.157. The van der Waals surface area contributed by atoms with Crippen LogP contribution in [0, 0.1) is 0 Å². The third-order valence-corrected chi connectivity index (χ3v) is 14.0. The summed E-state index contributed by atoms with van der Waals surface area (Å²) in [6.45, 7) is 0. The minimum Gasteiger partial charge on any atom is -0.135 e. The molecule has 0 aliphatic carbocycles. The van der Waals surface area contributed by atoms with Crippen LogP contribution < -0.4 is 0 Å². The van der Waals surface area contributed by atoms with Crippen LogP contribution in [0.4, 0.5) is 0 Å². The lowest BCUT2D eigenvalue weighted by atomic mass is 9.85. The Morgan fingerprint density at radius 2 is 0.750 bits per heavy atom. The van der Waals surface area contributed by atoms with Gasteiger partial charge in [0.2, 0.25) is 0 Å². The Morgan fingerprint density at radius 1 is 0.250 bits per heavy atom. The van der Waals surface area contributed by atoms with E-state index in [0.717, 1.165) is 0 Å². The van der Waals surface area contributed by atoms with E-state index >= 15 is 0 Å². The second-order valence-corrected chi connectivity index (χ2v) is 16.9. The first-order valence-corrected chi connectivity index (χ1v) is 20.8. The Labute approximate surface area is 332 Å². The van der Waals surface area contributed by atoms with Gasteiger partial charge < -0.3 is 0 Å². The molecule has 0 unspecified atom stereocenters. The molecule has 0 aliphatic heterocycles. The summed E-state index contributed by atoms with van der Waals surface area (Å²) in [6, 6.07) is 71.9. The Kier molecular flexibility index (Phi) is 7.07. The second-order valence-electron chi connectivity index (χ2n) is 14.8. The Morgan fingerprint density at radius 3 is 1.48 bits per heavy atom. The summed E-state index contributed by atoms with van der Waals surface area (Å²) in [4.78, 5) is 0. The maximum atomic E-state index is 2.41. The molecule has 10 aromatic carbocycles. The molecule has 0 bridgehead atoms. The van der Waals surface area contributed by atoms with E-state index in [1.165, 1.54) is 117 Å². The second kappa shape index (κ2) is 12.5. The monoisotopic (exact) mass is 744 g/mol. The van der Waals surface area contributed by atoms with E-state index in [-0.39, 0.29) is 0 Å². The zero-order valence-electron chi connectivity index (χ0n) is 30.3. The molecule has 0 spiro atoms. The van der Waals surface area contributed by atoms with Gasteiger partial charge in [-0.05, 0) is 102 Å². The maximum absolute atomic E-state index is 2.41. The molecule has 0 amide bonds. The molecule has 2 aromatic heterocycles. The summed E-state index contributed by atoms with van der Waals surface area (Å²) < 4.78 is 5.44. The van der Waals surface area contributed by atoms with Gasteiger partial charge in [-0.1, -0.05) is 164 Å². The highest BCUT2D eigenvalue weighted by molar-refractivity contribution is 7.28. The van der Waals surface area contributed by atoms with Gasteiger partial charge in [0.25, 0.3) is 0 Å². The third kappa shape index (κ3) is 4.83. The van der Waals surface area contributed by atoms with Crippen molar-refractivity contribution >= 4 is 95.3 Å². The number of rotatable bonds is 4. The van der Waals surface area contributed by atoms with Gasteiger partial charge in [0.1, 0.15) is 0 Å². The lowest BCUT2D eigenvalue weighted by molar-refractivity contribution is 1.61. The molecule has 2 heteroatoms. The molecule has 0 nitrogen and oxygen atoms in total. The molecule has 0 saturated carbocycles. The number of hydrogen-bond acceptors (Lipinski definition) is 2. The fraction of sp³-hybridized carbons (Fsp3) is 0. The molecule has 56 heavy (non-hydrogen) atoms. The van der Waals surface area contributed by atoms with Gasteiger partial charge >= 0.3 is 0 Å². The van der Waals surface area contributed by atoms with Crippen LogP contribution in [0.2, 0.25) is 0 Å². The highest BCUT2D eigenvalue weighted by Crippen LogP contribution is 2.47. The van der Waals surface area contributed by atoms with E-state index < -0.39 is 0 Å². The minimum absolute atomic E-state index is 1.22. The van der Waals surface area contributed by atoms with Crippen molar-refractivity contribution in [3.63, 3.8) is 0 Å². The first kappa shape index (κ1) is 31.7. The molecule has 0 fully saturated rings. The first-order chi connectivity index (χ1) is 27.8. The van der Waals surface area contributed by atoms with Crippen molar-refractivity contribution in [1.82, 2.24) is 0 Å². The topological polar surface area (TPSA) is 0 Å². The first-order valence-electron chi connectivity index (χ1n) is 19.2. The van der Waals surface area contributed by atoms with Gasteiger partial charge in [0.05, 0.1) is 0 Å². The zero-order valence-corrected chi connectivity index (χ0v) is 31.9. The van der Waals surface area contributed by atoms with Crippen molar-refractivity contribution in [2.75, 3.05) is 0 Å². The average Bonchev–Trinajstić information content (AvgIpc) is 3.84. The largest absolute Gasteiger partial charge is 0.135 e. The van der Waals surface area contributed by atoms with Crippen LogP contribution in [0.1, 0.15) is 0 Å². The summed E-state index contributed by atoms with van der Waals surface area (Å²) in [5.74, 6) is 0. The smallest absolute Gasteiger partial charge is 0.0434 e. The van der Waals surface area contributed by atoms with Crippen LogP contribution in [-0.2, 0) is 0 Å². The van der Waals surface area contributed by atoms with Crippen molar-refractivity contribution in [2.45, 2.75) is 0 Å². The van der Waals surface area contributed by atoms with E-state index in [9.17, 15) is 0 Å². The van der Waals surface area contributed by atoms with Gasteiger partial charge in [-0.25, -0.2) is 0 Å². The van der Waals surface area contributed by atoms with Crippen LogP contribution in [0.3, 0.4) is 0 Å². The number of hydrogen-bond donors (Lipinski definition) is 0. The predicted molar refractivity (Wildman–Crippen MR) is 246 cm³/mol. The van der Waals surface area contributed by atoms with E-state index in [2.05, 4.69) is 194 Å². The molecule has 12 rings (SSSR count). The van der Waals surface area contributed by atoms with Crippen LogP contribution >= 0.6 is 22.7 Å². The lowest BCUT2D eigenvalue weighted by Gasteiger charge is -2.18. The highest BCUT2D eigenvalue weighted by atomic mass is 32.1. The molecule has 0 N–H and O–H groups in total. The summed E-state index contributed by atoms with van der Waals surface area (Å²) in [6.07, 6.45) is 0. The van der Waals surface area contributed by atoms with Gasteiger partial charge in [-0.3, -0.25) is 0 Å². The number of benzene rings is 10. The Balaban J connectivity index is 0.995. The van der Waals surface area contributed by atoms with Gasteiger partial charge in [0.15, 0.2) is 0 Å². The Bertz CT molecular complexity index is 3450. The molecule has 0 radical (unpaired) electrons. The van der Waals surface area contributed by atoms with Crippen molar-refractivity contribution in [3.8, 4) is 44.5 Å². The summed E-state index contributed by atoms with van der Waals surface area (Å²) >= 11 is 3.82. The molecule has 2 heterocycles. The summed E-state index contributed by atoms with van der Waals surface area (Å²) in [5.41, 5.74) is 9.95. The van der Waals surface area contributed by atoms with Gasteiger partial charge in [-0.2, -0.15) is 0 Å². The van der Waals surface area contributed by atoms with Crippen LogP contribution in [0.15, 0.2) is 194 Å². The van der Waals surface area contributed by atoms with Crippen LogP contribution in [-0.4, -0.2) is 0 Å². The highest BCUT2D eigenvalue weighted by Gasteiger charge is 2.18. The standard InChI is InChI=1S/C54H32S2/c1-2-11-33(12-3-1)37-13-10-14-39(31-37)51-42-17-6-4-15-40(42)50(41-16-5-7-18-43(41)51)36-24-21-34(22-25-36)38-26-23-35-27-28-45-53-49(56-54(45)46(35)32-38)30-29-48-52(53)44-19-8-9-20-47(44)55-48/h1-32H. The third-order valence-electron chi connectivity index (χ3n) is 11.7. The van der Waals surface area contributed by atoms with Crippen LogP contribution in [0.5, 0.6) is 0 Å². The number of fused-ring (bicyclic) bond motifs is 11. The normalized spacial score (nSPS) is 11.9. The van der Waals surface area contributed by atoms with E-state index in [1.807, 2.05) is 22.7 Å². The minimum atomic E-state index is 1.22. The van der Waals surface area contributed by atoms with E-state index in [4.69, 9.17) is 0 Å². The fourth-order valence-electron chi connectivity index (χ4n) is 9.10. The van der Waals surface area contributed by atoms with Gasteiger partial charge in [0, 0.05) is 45.7 Å². The van der Waals surface area contributed by atoms with Crippen molar-refractivity contribution in [1.29, 1.82) is 0 Å². The average molecular weight is 745 g/mol. The molecule has 0 atom stereocenters. The molecular formula is C54H32S2. The molecule has 0 aliphatic rings. The maximum Gasteiger partial charge on any atom is 0.0434 e. The van der Waals surface area contributed by atoms with Crippen molar-refractivity contribution < 1.29 is 0 Å². The summed E-state index contributed by atoms with van der Waals surface area (Å²) in [5, 5.41) is 13.2. The van der Waals surface area contributed by atoms with E-state index in [1.54, 1.807) is 0 Å². The Hall–Kier alpha value is -6.58.